The third-order valence-corrected chi connectivity index (χ3v) is 6.15. The monoisotopic (exact) mass is 399 g/mol. The lowest BCUT2D eigenvalue weighted by molar-refractivity contribution is 0.0301. The molecule has 2 fully saturated rings. The second kappa shape index (κ2) is 7.03. The molecule has 0 spiro atoms. The molecule has 0 radical (unpaired) electrons. The fourth-order valence-corrected chi connectivity index (χ4v) is 4.30. The first-order valence-electron chi connectivity index (χ1n) is 9.24. The van der Waals surface area contributed by atoms with Gasteiger partial charge in [-0.25, -0.2) is 18.5 Å². The van der Waals surface area contributed by atoms with Crippen LogP contribution in [0.2, 0.25) is 5.15 Å². The summed E-state index contributed by atoms with van der Waals surface area (Å²) in [6.07, 6.45) is 5.60. The third kappa shape index (κ3) is 3.21. The van der Waals surface area contributed by atoms with Gasteiger partial charge >= 0.3 is 0 Å². The zero-order valence-corrected chi connectivity index (χ0v) is 15.9. The van der Waals surface area contributed by atoms with Gasteiger partial charge in [-0.3, -0.25) is 10.6 Å². The van der Waals surface area contributed by atoms with Crippen LogP contribution in [-0.4, -0.2) is 53.2 Å². The Morgan fingerprint density at radius 1 is 1.41 bits per heavy atom. The Balaban J connectivity index is 1.54. The second-order valence-corrected chi connectivity index (χ2v) is 7.73. The van der Waals surface area contributed by atoms with Crippen LogP contribution in [0.25, 0.3) is 0 Å². The number of alkyl halides is 1. The van der Waals surface area contributed by atoms with Crippen molar-refractivity contribution in [3.8, 4) is 0 Å². The van der Waals surface area contributed by atoms with E-state index in [0.717, 1.165) is 25.6 Å². The highest BCUT2D eigenvalue weighted by Crippen LogP contribution is 2.36. The molecule has 1 saturated heterocycles. The molecule has 27 heavy (non-hydrogen) atoms. The van der Waals surface area contributed by atoms with Crippen molar-refractivity contribution in [2.75, 3.05) is 20.1 Å². The molecule has 1 aliphatic carbocycles. The van der Waals surface area contributed by atoms with Crippen molar-refractivity contribution in [2.45, 2.75) is 49.7 Å². The Morgan fingerprint density at radius 3 is 2.81 bits per heavy atom. The lowest BCUT2D eigenvalue weighted by Crippen LogP contribution is -2.52. The molecule has 3 aliphatic rings. The second-order valence-electron chi connectivity index (χ2n) is 7.37. The summed E-state index contributed by atoms with van der Waals surface area (Å²) in [5, 5.41) is 9.97. The summed E-state index contributed by atoms with van der Waals surface area (Å²) in [5.74, 6) is -1.93. The minimum absolute atomic E-state index is 0.105. The SMILES string of the molecule is CNC1=C(F)C=NC(N)(c2cnn([C@@H]3CCN(C4CCC4)C[C@H]3F)c2Cl)N1. The van der Waals surface area contributed by atoms with Gasteiger partial charge in [-0.1, -0.05) is 18.0 Å². The number of hydrogen-bond donors (Lipinski definition) is 3. The summed E-state index contributed by atoms with van der Waals surface area (Å²) in [7, 11) is 1.57. The third-order valence-electron chi connectivity index (χ3n) is 5.77. The first-order chi connectivity index (χ1) is 12.9. The maximum atomic E-state index is 14.9. The van der Waals surface area contributed by atoms with Crippen molar-refractivity contribution < 1.29 is 8.78 Å². The first kappa shape index (κ1) is 18.6. The summed E-state index contributed by atoms with van der Waals surface area (Å²) >= 11 is 6.51. The number of aliphatic imine (C=N–C) groups is 1. The molecular formula is C17H24ClF2N7. The van der Waals surface area contributed by atoms with Crippen LogP contribution >= 0.6 is 11.6 Å². The van der Waals surface area contributed by atoms with Gasteiger partial charge in [0.05, 0.1) is 24.0 Å². The number of likely N-dealkylation sites (tertiary alicyclic amines) is 1. The number of halogens is 3. The van der Waals surface area contributed by atoms with E-state index in [-0.39, 0.29) is 11.0 Å². The average Bonchev–Trinajstić information content (AvgIpc) is 2.98. The highest BCUT2D eigenvalue weighted by Gasteiger charge is 2.40. The zero-order chi connectivity index (χ0) is 19.2. The lowest BCUT2D eigenvalue weighted by Gasteiger charge is -2.43. The van der Waals surface area contributed by atoms with Gasteiger partial charge in [0.15, 0.2) is 5.83 Å². The topological polar surface area (TPSA) is 83.5 Å². The maximum absolute atomic E-state index is 14.9. The fraction of sp³-hybridized carbons (Fsp3) is 0.647. The van der Waals surface area contributed by atoms with E-state index < -0.39 is 23.8 Å². The van der Waals surface area contributed by atoms with Crippen LogP contribution in [0.3, 0.4) is 0 Å². The Hall–Kier alpha value is -1.71. The first-order valence-corrected chi connectivity index (χ1v) is 9.62. The normalized spacial score (nSPS) is 32.3. The number of aromatic nitrogens is 2. The zero-order valence-electron chi connectivity index (χ0n) is 15.1. The quantitative estimate of drug-likeness (QED) is 0.718. The Labute approximate surface area is 161 Å². The molecule has 0 aromatic carbocycles. The van der Waals surface area contributed by atoms with Crippen LogP contribution in [0, 0.1) is 0 Å². The molecule has 7 nitrogen and oxygen atoms in total. The predicted molar refractivity (Wildman–Crippen MR) is 99.7 cm³/mol. The van der Waals surface area contributed by atoms with Crippen molar-refractivity contribution in [1.29, 1.82) is 0 Å². The van der Waals surface area contributed by atoms with Crippen molar-refractivity contribution in [2.24, 2.45) is 10.7 Å². The minimum atomic E-state index is -1.47. The molecule has 0 bridgehead atoms. The van der Waals surface area contributed by atoms with E-state index in [1.165, 1.54) is 17.3 Å². The van der Waals surface area contributed by atoms with Crippen molar-refractivity contribution in [1.82, 2.24) is 25.3 Å². The van der Waals surface area contributed by atoms with Crippen LogP contribution in [0.1, 0.15) is 37.3 Å². The van der Waals surface area contributed by atoms with E-state index in [1.54, 1.807) is 7.05 Å². The molecule has 1 saturated carbocycles. The standard InChI is InChI=1S/C17H24ClF2N7/c1-22-16-12(19)8-23-17(21,25-16)11-7-24-27(15(11)18)14-5-6-26(9-13(14)20)10-3-2-4-10/h7-8,10,13-14,22,25H,2-6,9,21H2,1H3/t13-,14-,17?/m1/s1. The van der Waals surface area contributed by atoms with E-state index >= 15 is 0 Å². The van der Waals surface area contributed by atoms with E-state index in [0.29, 0.717) is 24.6 Å². The Morgan fingerprint density at radius 2 is 2.19 bits per heavy atom. The van der Waals surface area contributed by atoms with Gasteiger partial charge in [0.2, 0.25) is 5.79 Å². The fourth-order valence-electron chi connectivity index (χ4n) is 3.93. The maximum Gasteiger partial charge on any atom is 0.215 e. The van der Waals surface area contributed by atoms with E-state index in [4.69, 9.17) is 17.3 Å². The largest absolute Gasteiger partial charge is 0.372 e. The van der Waals surface area contributed by atoms with Gasteiger partial charge in [0.25, 0.3) is 0 Å². The van der Waals surface area contributed by atoms with Gasteiger partial charge in [-0.05, 0) is 19.3 Å². The van der Waals surface area contributed by atoms with E-state index in [9.17, 15) is 8.78 Å². The smallest absolute Gasteiger partial charge is 0.215 e. The molecule has 1 aromatic heterocycles. The van der Waals surface area contributed by atoms with Crippen LogP contribution in [0.15, 0.2) is 22.8 Å². The van der Waals surface area contributed by atoms with E-state index in [1.807, 2.05) is 0 Å². The predicted octanol–water partition coefficient (Wildman–Crippen LogP) is 1.77. The van der Waals surface area contributed by atoms with Crippen LogP contribution in [0.5, 0.6) is 0 Å². The van der Waals surface area contributed by atoms with Gasteiger partial charge in [0.1, 0.15) is 17.1 Å². The average molecular weight is 400 g/mol. The molecule has 1 unspecified atom stereocenters. The van der Waals surface area contributed by atoms with Crippen molar-refractivity contribution in [3.05, 3.63) is 28.6 Å². The summed E-state index contributed by atoms with van der Waals surface area (Å²) in [4.78, 5) is 6.26. The Bertz CT molecular complexity index is 775. The van der Waals surface area contributed by atoms with Gasteiger partial charge in [0, 0.05) is 26.2 Å². The molecule has 3 heterocycles. The van der Waals surface area contributed by atoms with Gasteiger partial charge < -0.3 is 10.6 Å². The molecule has 4 rings (SSSR count). The molecule has 10 heteroatoms. The minimum Gasteiger partial charge on any atom is -0.372 e. The highest BCUT2D eigenvalue weighted by molar-refractivity contribution is 6.30. The molecule has 1 aromatic rings. The van der Waals surface area contributed by atoms with Gasteiger partial charge in [-0.15, -0.1) is 0 Å². The highest BCUT2D eigenvalue weighted by atomic mass is 35.5. The lowest BCUT2D eigenvalue weighted by atomic mass is 9.89. The molecule has 3 atom stereocenters. The summed E-state index contributed by atoms with van der Waals surface area (Å²) in [5.41, 5.74) is 6.65. The van der Waals surface area contributed by atoms with Gasteiger partial charge in [-0.2, -0.15) is 5.10 Å². The molecule has 0 amide bonds. The number of nitrogens with zero attached hydrogens (tertiary/aromatic N) is 4. The number of nitrogens with one attached hydrogen (secondary N) is 2. The molecule has 4 N–H and O–H groups in total. The number of rotatable bonds is 4. The summed E-state index contributed by atoms with van der Waals surface area (Å²) in [6.45, 7) is 1.21. The number of nitrogens with two attached hydrogens (primary N) is 1. The number of piperidine rings is 1. The summed E-state index contributed by atoms with van der Waals surface area (Å²) in [6, 6.07) is 0.0670. The van der Waals surface area contributed by atoms with Crippen molar-refractivity contribution in [3.63, 3.8) is 0 Å². The summed E-state index contributed by atoms with van der Waals surface area (Å²) < 4.78 is 30.1. The number of allylic oxidation sites excluding steroid dienone is 1. The van der Waals surface area contributed by atoms with Crippen LogP contribution in [0.4, 0.5) is 8.78 Å². The van der Waals surface area contributed by atoms with Crippen LogP contribution < -0.4 is 16.4 Å². The van der Waals surface area contributed by atoms with Crippen LogP contribution in [-0.2, 0) is 5.79 Å². The molecule has 148 valence electrons. The van der Waals surface area contributed by atoms with E-state index in [2.05, 4.69) is 25.6 Å². The Kier molecular flexibility index (Phi) is 4.85. The van der Waals surface area contributed by atoms with Crippen molar-refractivity contribution >= 4 is 17.8 Å². The molecule has 2 aliphatic heterocycles. The number of hydrogen-bond acceptors (Lipinski definition) is 6. The molecular weight excluding hydrogens is 376 g/mol.